The second-order valence-corrected chi connectivity index (χ2v) is 5.77. The van der Waals surface area contributed by atoms with Crippen LogP contribution in [0, 0.1) is 0 Å². The molecule has 0 aliphatic rings. The molecule has 1 rings (SSSR count). The zero-order chi connectivity index (χ0) is 15.2. The maximum Gasteiger partial charge on any atom is 0.317 e. The lowest BCUT2D eigenvalue weighted by molar-refractivity contribution is -0.148. The quantitative estimate of drug-likeness (QED) is 0.690. The summed E-state index contributed by atoms with van der Waals surface area (Å²) in [5, 5.41) is 2.85. The van der Waals surface area contributed by atoms with Gasteiger partial charge in [-0.15, -0.1) is 11.3 Å². The molecule has 0 aliphatic heterocycles. The monoisotopic (exact) mass is 300 g/mol. The molecule has 0 N–H and O–H groups in total. The van der Waals surface area contributed by atoms with E-state index in [4.69, 9.17) is 9.47 Å². The Balaban J connectivity index is 2.87. The maximum atomic E-state index is 12.0. The number of rotatable bonds is 8. The second kappa shape index (κ2) is 7.59. The predicted molar refractivity (Wildman–Crippen MR) is 81.5 cm³/mol. The van der Waals surface area contributed by atoms with Gasteiger partial charge >= 0.3 is 5.97 Å². The van der Waals surface area contributed by atoms with Gasteiger partial charge in [-0.25, -0.2) is 4.98 Å². The third-order valence-corrected chi connectivity index (χ3v) is 4.04. The molecule has 0 aliphatic carbocycles. The predicted octanol–water partition coefficient (Wildman–Crippen LogP) is 2.46. The lowest BCUT2D eigenvalue weighted by atomic mass is 9.90. The largest absolute Gasteiger partial charge is 0.465 e. The van der Waals surface area contributed by atoms with E-state index in [1.807, 2.05) is 26.2 Å². The zero-order valence-electron chi connectivity index (χ0n) is 12.9. The lowest BCUT2D eigenvalue weighted by Gasteiger charge is -2.21. The number of ether oxygens (including phenoxy) is 2. The number of hydrogen-bond acceptors (Lipinski definition) is 6. The molecule has 0 aromatic carbocycles. The molecule has 6 heteroatoms. The topological polar surface area (TPSA) is 51.7 Å². The van der Waals surface area contributed by atoms with Crippen molar-refractivity contribution in [2.45, 2.75) is 33.1 Å². The van der Waals surface area contributed by atoms with Gasteiger partial charge in [0.2, 0.25) is 0 Å². The van der Waals surface area contributed by atoms with Gasteiger partial charge in [0.05, 0.1) is 18.9 Å². The van der Waals surface area contributed by atoms with E-state index in [1.165, 1.54) is 0 Å². The molecule has 0 spiro atoms. The molecule has 5 nitrogen and oxygen atoms in total. The summed E-state index contributed by atoms with van der Waals surface area (Å²) in [6, 6.07) is 0. The molecular weight excluding hydrogens is 276 g/mol. The standard InChI is InChI=1S/C14H24N2O3S/c1-6-16(8-9-18-5)13-15-11(10-20-13)14(3,4)12(17)19-7-2/h10H,6-9H2,1-5H3. The Morgan fingerprint density at radius 3 is 2.70 bits per heavy atom. The molecule has 0 radical (unpaired) electrons. The van der Waals surface area contributed by atoms with Crippen molar-refractivity contribution in [3.05, 3.63) is 11.1 Å². The highest BCUT2D eigenvalue weighted by atomic mass is 32.1. The Morgan fingerprint density at radius 1 is 1.45 bits per heavy atom. The van der Waals surface area contributed by atoms with Crippen molar-refractivity contribution >= 4 is 22.4 Å². The van der Waals surface area contributed by atoms with Gasteiger partial charge in [0.15, 0.2) is 5.13 Å². The van der Waals surface area contributed by atoms with E-state index in [0.29, 0.717) is 13.2 Å². The van der Waals surface area contributed by atoms with Gasteiger partial charge in [0, 0.05) is 25.6 Å². The first kappa shape index (κ1) is 16.9. The van der Waals surface area contributed by atoms with E-state index in [1.54, 1.807) is 18.4 Å². The molecule has 0 saturated heterocycles. The van der Waals surface area contributed by atoms with E-state index in [-0.39, 0.29) is 5.97 Å². The SMILES string of the molecule is CCOC(=O)C(C)(C)c1csc(N(CC)CCOC)n1. The van der Waals surface area contributed by atoms with Crippen LogP contribution in [0.5, 0.6) is 0 Å². The minimum atomic E-state index is -0.717. The van der Waals surface area contributed by atoms with E-state index < -0.39 is 5.41 Å². The number of methoxy groups -OCH3 is 1. The van der Waals surface area contributed by atoms with Crippen molar-refractivity contribution in [1.29, 1.82) is 0 Å². The molecule has 0 saturated carbocycles. The molecule has 0 unspecified atom stereocenters. The fourth-order valence-electron chi connectivity index (χ4n) is 1.70. The third-order valence-electron chi connectivity index (χ3n) is 3.14. The summed E-state index contributed by atoms with van der Waals surface area (Å²) in [7, 11) is 1.69. The van der Waals surface area contributed by atoms with E-state index in [0.717, 1.165) is 23.9 Å². The average Bonchev–Trinajstić information content (AvgIpc) is 2.90. The minimum Gasteiger partial charge on any atom is -0.465 e. The normalized spacial score (nSPS) is 11.4. The number of likely N-dealkylation sites (N-methyl/N-ethyl adjacent to an activating group) is 1. The Hall–Kier alpha value is -1.14. The van der Waals surface area contributed by atoms with Crippen LogP contribution in [0.3, 0.4) is 0 Å². The number of thiazole rings is 1. The van der Waals surface area contributed by atoms with E-state index in [2.05, 4.69) is 16.8 Å². The summed E-state index contributed by atoms with van der Waals surface area (Å²) in [6.45, 7) is 10.3. The Morgan fingerprint density at radius 2 is 2.15 bits per heavy atom. The van der Waals surface area contributed by atoms with Gasteiger partial charge in [-0.05, 0) is 27.7 Å². The fraction of sp³-hybridized carbons (Fsp3) is 0.714. The van der Waals surface area contributed by atoms with Crippen LogP contribution in [0.1, 0.15) is 33.4 Å². The number of anilines is 1. The minimum absolute atomic E-state index is 0.239. The average molecular weight is 300 g/mol. The molecule has 20 heavy (non-hydrogen) atoms. The summed E-state index contributed by atoms with van der Waals surface area (Å²) < 4.78 is 10.2. The number of carbonyl (C=O) groups excluding carboxylic acids is 1. The van der Waals surface area contributed by atoms with Gasteiger partial charge in [0.25, 0.3) is 0 Å². The molecule has 1 aromatic heterocycles. The first-order chi connectivity index (χ1) is 9.47. The maximum absolute atomic E-state index is 12.0. The van der Waals surface area contributed by atoms with Gasteiger partial charge in [-0.2, -0.15) is 0 Å². The van der Waals surface area contributed by atoms with Crippen LogP contribution < -0.4 is 4.90 Å². The Kier molecular flexibility index (Phi) is 6.42. The van der Waals surface area contributed by atoms with Gasteiger partial charge in [-0.1, -0.05) is 0 Å². The van der Waals surface area contributed by atoms with Crippen LogP contribution in [-0.2, 0) is 19.7 Å². The second-order valence-electron chi connectivity index (χ2n) is 4.93. The van der Waals surface area contributed by atoms with Crippen LogP contribution in [-0.4, -0.2) is 44.4 Å². The number of hydrogen-bond donors (Lipinski definition) is 0. The van der Waals surface area contributed by atoms with Gasteiger partial charge in [-0.3, -0.25) is 4.79 Å². The first-order valence-electron chi connectivity index (χ1n) is 6.84. The first-order valence-corrected chi connectivity index (χ1v) is 7.72. The van der Waals surface area contributed by atoms with E-state index >= 15 is 0 Å². The summed E-state index contributed by atoms with van der Waals surface area (Å²) >= 11 is 1.55. The highest BCUT2D eigenvalue weighted by Gasteiger charge is 2.34. The number of aromatic nitrogens is 1. The van der Waals surface area contributed by atoms with Gasteiger partial charge in [0.1, 0.15) is 5.41 Å². The van der Waals surface area contributed by atoms with Crippen LogP contribution >= 0.6 is 11.3 Å². The number of nitrogens with zero attached hydrogens (tertiary/aromatic N) is 2. The molecule has 0 fully saturated rings. The lowest BCUT2D eigenvalue weighted by Crippen LogP contribution is -2.32. The van der Waals surface area contributed by atoms with Crippen molar-refractivity contribution < 1.29 is 14.3 Å². The Labute approximate surface area is 124 Å². The highest BCUT2D eigenvalue weighted by molar-refractivity contribution is 7.13. The van der Waals surface area contributed by atoms with Crippen LogP contribution in [0.15, 0.2) is 5.38 Å². The molecule has 114 valence electrons. The molecule has 0 atom stereocenters. The number of esters is 1. The van der Waals surface area contributed by atoms with Crippen molar-refractivity contribution in [1.82, 2.24) is 4.98 Å². The van der Waals surface area contributed by atoms with Crippen LogP contribution in [0.25, 0.3) is 0 Å². The summed E-state index contributed by atoms with van der Waals surface area (Å²) in [5.74, 6) is -0.239. The van der Waals surface area contributed by atoms with E-state index in [9.17, 15) is 4.79 Å². The molecule has 0 amide bonds. The zero-order valence-corrected chi connectivity index (χ0v) is 13.7. The number of carbonyl (C=O) groups is 1. The fourth-order valence-corrected chi connectivity index (χ4v) is 2.79. The Bertz CT molecular complexity index is 432. The van der Waals surface area contributed by atoms with Crippen molar-refractivity contribution in [3.8, 4) is 0 Å². The molecular formula is C14H24N2O3S. The molecule has 0 bridgehead atoms. The summed E-state index contributed by atoms with van der Waals surface area (Å²) in [4.78, 5) is 18.7. The molecule has 1 heterocycles. The highest BCUT2D eigenvalue weighted by Crippen LogP contribution is 2.30. The smallest absolute Gasteiger partial charge is 0.317 e. The van der Waals surface area contributed by atoms with Crippen LogP contribution in [0.2, 0.25) is 0 Å². The van der Waals surface area contributed by atoms with Crippen molar-refractivity contribution in [3.63, 3.8) is 0 Å². The molecule has 1 aromatic rings. The van der Waals surface area contributed by atoms with Crippen LogP contribution in [0.4, 0.5) is 5.13 Å². The van der Waals surface area contributed by atoms with Crippen molar-refractivity contribution in [2.24, 2.45) is 0 Å². The van der Waals surface area contributed by atoms with Gasteiger partial charge < -0.3 is 14.4 Å². The summed E-state index contributed by atoms with van der Waals surface area (Å²) in [6.07, 6.45) is 0. The van der Waals surface area contributed by atoms with Crippen molar-refractivity contribution in [2.75, 3.05) is 38.3 Å². The summed E-state index contributed by atoms with van der Waals surface area (Å²) in [5.41, 5.74) is 0.0395. The third kappa shape index (κ3) is 3.93.